The third kappa shape index (κ3) is 1.90. The van der Waals surface area contributed by atoms with Gasteiger partial charge in [0.1, 0.15) is 0 Å². The quantitative estimate of drug-likeness (QED) is 0.642. The van der Waals surface area contributed by atoms with Crippen LogP contribution in [-0.2, 0) is 13.0 Å². The molecular formula is C19H17NO. The summed E-state index contributed by atoms with van der Waals surface area (Å²) in [5.41, 5.74) is 4.11. The maximum atomic E-state index is 13.0. The largest absolute Gasteiger partial charge is 0.344 e. The van der Waals surface area contributed by atoms with Crippen LogP contribution in [0.25, 0.3) is 10.9 Å². The molecule has 0 saturated heterocycles. The minimum atomic E-state index is 0.155. The molecule has 0 atom stereocenters. The summed E-state index contributed by atoms with van der Waals surface area (Å²) in [5, 5.41) is 1.10. The van der Waals surface area contributed by atoms with Crippen LogP contribution >= 0.6 is 0 Å². The van der Waals surface area contributed by atoms with Gasteiger partial charge in [0.25, 0.3) is 0 Å². The molecule has 4 rings (SSSR count). The minimum absolute atomic E-state index is 0.155. The Hall–Kier alpha value is -2.35. The number of para-hydroxylation sites is 1. The van der Waals surface area contributed by atoms with Gasteiger partial charge in [-0.1, -0.05) is 48.5 Å². The normalized spacial score (nSPS) is 14.1. The number of ketones is 1. The molecule has 3 aromatic rings. The van der Waals surface area contributed by atoms with Gasteiger partial charge in [0, 0.05) is 28.7 Å². The van der Waals surface area contributed by atoms with E-state index in [9.17, 15) is 4.79 Å². The highest BCUT2D eigenvalue weighted by Gasteiger charge is 2.24. The fourth-order valence-electron chi connectivity index (χ4n) is 3.42. The van der Waals surface area contributed by atoms with E-state index in [-0.39, 0.29) is 5.78 Å². The molecule has 0 N–H and O–H groups in total. The van der Waals surface area contributed by atoms with E-state index in [2.05, 4.69) is 22.8 Å². The van der Waals surface area contributed by atoms with E-state index >= 15 is 0 Å². The lowest BCUT2D eigenvalue weighted by Gasteiger charge is -2.17. The first kappa shape index (κ1) is 12.4. The fourth-order valence-corrected chi connectivity index (χ4v) is 3.42. The minimum Gasteiger partial charge on any atom is -0.344 e. The van der Waals surface area contributed by atoms with Gasteiger partial charge in [0.05, 0.1) is 5.56 Å². The average Bonchev–Trinajstić information content (AvgIpc) is 2.90. The monoisotopic (exact) mass is 275 g/mol. The van der Waals surface area contributed by atoms with Crippen LogP contribution in [0, 0.1) is 0 Å². The number of carbonyl (C=O) groups excluding carboxylic acids is 1. The highest BCUT2D eigenvalue weighted by atomic mass is 16.1. The lowest BCUT2D eigenvalue weighted by Crippen LogP contribution is -2.13. The summed E-state index contributed by atoms with van der Waals surface area (Å²) in [5.74, 6) is 0.155. The number of aromatic nitrogens is 1. The first-order valence-corrected chi connectivity index (χ1v) is 7.56. The number of benzene rings is 2. The second-order valence-electron chi connectivity index (χ2n) is 5.64. The summed E-state index contributed by atoms with van der Waals surface area (Å²) in [6.07, 6.45) is 3.37. The predicted octanol–water partition coefficient (Wildman–Crippen LogP) is 4.21. The van der Waals surface area contributed by atoms with Crippen LogP contribution in [0.2, 0.25) is 0 Å². The van der Waals surface area contributed by atoms with Crippen molar-refractivity contribution < 1.29 is 4.79 Å². The molecule has 0 amide bonds. The molecule has 0 unspecified atom stereocenters. The van der Waals surface area contributed by atoms with E-state index in [0.29, 0.717) is 0 Å². The molecule has 0 saturated carbocycles. The number of rotatable bonds is 2. The Morgan fingerprint density at radius 2 is 1.67 bits per heavy atom. The van der Waals surface area contributed by atoms with Gasteiger partial charge in [-0.15, -0.1) is 0 Å². The van der Waals surface area contributed by atoms with Crippen molar-refractivity contribution in [3.8, 4) is 0 Å². The molecule has 1 aliphatic heterocycles. The molecule has 2 aromatic carbocycles. The van der Waals surface area contributed by atoms with Gasteiger partial charge >= 0.3 is 0 Å². The van der Waals surface area contributed by atoms with Crippen LogP contribution in [-0.4, -0.2) is 10.4 Å². The van der Waals surface area contributed by atoms with Crippen molar-refractivity contribution in [1.82, 2.24) is 4.57 Å². The third-order valence-corrected chi connectivity index (χ3v) is 4.39. The SMILES string of the molecule is O=C(c1ccccc1)c1c2n(c3ccccc13)CCCC2. The Labute approximate surface area is 124 Å². The summed E-state index contributed by atoms with van der Waals surface area (Å²) >= 11 is 0. The number of fused-ring (bicyclic) bond motifs is 3. The maximum Gasteiger partial charge on any atom is 0.195 e. The smallest absolute Gasteiger partial charge is 0.195 e. The maximum absolute atomic E-state index is 13.0. The van der Waals surface area contributed by atoms with Crippen molar-refractivity contribution in [2.45, 2.75) is 25.8 Å². The Bertz CT molecular complexity index is 814. The van der Waals surface area contributed by atoms with Crippen molar-refractivity contribution in [3.05, 3.63) is 71.4 Å². The van der Waals surface area contributed by atoms with Crippen molar-refractivity contribution in [3.63, 3.8) is 0 Å². The number of hydrogen-bond acceptors (Lipinski definition) is 1. The van der Waals surface area contributed by atoms with E-state index in [0.717, 1.165) is 29.5 Å². The topological polar surface area (TPSA) is 22.0 Å². The van der Waals surface area contributed by atoms with Crippen LogP contribution in [0.5, 0.6) is 0 Å². The van der Waals surface area contributed by atoms with Crippen molar-refractivity contribution in [2.24, 2.45) is 0 Å². The number of hydrogen-bond donors (Lipinski definition) is 0. The van der Waals surface area contributed by atoms with E-state index in [4.69, 9.17) is 0 Å². The van der Waals surface area contributed by atoms with Crippen LogP contribution in [0.15, 0.2) is 54.6 Å². The lowest BCUT2D eigenvalue weighted by molar-refractivity contribution is 0.103. The molecule has 0 aliphatic carbocycles. The van der Waals surface area contributed by atoms with E-state index < -0.39 is 0 Å². The first-order chi connectivity index (χ1) is 10.4. The Morgan fingerprint density at radius 3 is 2.52 bits per heavy atom. The summed E-state index contributed by atoms with van der Waals surface area (Å²) in [6.45, 7) is 1.03. The lowest BCUT2D eigenvalue weighted by atomic mass is 9.97. The Balaban J connectivity index is 1.98. The molecule has 0 spiro atoms. The van der Waals surface area contributed by atoms with Gasteiger partial charge in [-0.25, -0.2) is 0 Å². The molecule has 0 bridgehead atoms. The highest BCUT2D eigenvalue weighted by molar-refractivity contribution is 6.17. The molecule has 2 heteroatoms. The van der Waals surface area contributed by atoms with Crippen molar-refractivity contribution in [2.75, 3.05) is 0 Å². The van der Waals surface area contributed by atoms with Gasteiger partial charge in [0.2, 0.25) is 0 Å². The van der Waals surface area contributed by atoms with Gasteiger partial charge in [-0.3, -0.25) is 4.79 Å². The average molecular weight is 275 g/mol. The molecule has 1 aliphatic rings. The second kappa shape index (κ2) is 4.88. The first-order valence-electron chi connectivity index (χ1n) is 7.56. The molecule has 2 nitrogen and oxygen atoms in total. The van der Waals surface area contributed by atoms with Gasteiger partial charge in [0.15, 0.2) is 5.78 Å². The molecule has 21 heavy (non-hydrogen) atoms. The summed E-state index contributed by atoms with van der Waals surface area (Å²) in [7, 11) is 0. The molecular weight excluding hydrogens is 258 g/mol. The zero-order valence-electron chi connectivity index (χ0n) is 11.9. The van der Waals surface area contributed by atoms with Crippen molar-refractivity contribution in [1.29, 1.82) is 0 Å². The number of nitrogens with zero attached hydrogens (tertiary/aromatic N) is 1. The summed E-state index contributed by atoms with van der Waals surface area (Å²) in [6, 6.07) is 17.9. The van der Waals surface area contributed by atoms with Gasteiger partial charge in [-0.2, -0.15) is 0 Å². The van der Waals surface area contributed by atoms with Gasteiger partial charge in [-0.05, 0) is 25.3 Å². The van der Waals surface area contributed by atoms with Crippen LogP contribution in [0.4, 0.5) is 0 Å². The van der Waals surface area contributed by atoms with E-state index in [1.54, 1.807) is 0 Å². The molecule has 2 heterocycles. The second-order valence-corrected chi connectivity index (χ2v) is 5.64. The standard InChI is InChI=1S/C19H17NO/c21-19(14-8-2-1-3-9-14)18-15-10-4-5-11-16(15)20-13-7-6-12-17(18)20/h1-5,8-11H,6-7,12-13H2. The zero-order valence-corrected chi connectivity index (χ0v) is 11.9. The Kier molecular flexibility index (Phi) is 2.88. The predicted molar refractivity (Wildman–Crippen MR) is 84.8 cm³/mol. The highest BCUT2D eigenvalue weighted by Crippen LogP contribution is 2.32. The van der Waals surface area contributed by atoms with Crippen LogP contribution in [0.1, 0.15) is 34.5 Å². The molecule has 0 fully saturated rings. The van der Waals surface area contributed by atoms with E-state index in [1.165, 1.54) is 24.1 Å². The molecule has 0 radical (unpaired) electrons. The fraction of sp³-hybridized carbons (Fsp3) is 0.211. The Morgan fingerprint density at radius 1 is 0.905 bits per heavy atom. The number of carbonyl (C=O) groups is 1. The molecule has 104 valence electrons. The molecule has 1 aromatic heterocycles. The summed E-state index contributed by atoms with van der Waals surface area (Å²) < 4.78 is 2.34. The van der Waals surface area contributed by atoms with Crippen molar-refractivity contribution >= 4 is 16.7 Å². The summed E-state index contributed by atoms with van der Waals surface area (Å²) in [4.78, 5) is 13.0. The van der Waals surface area contributed by atoms with Crippen LogP contribution < -0.4 is 0 Å². The van der Waals surface area contributed by atoms with Gasteiger partial charge < -0.3 is 4.57 Å². The van der Waals surface area contributed by atoms with E-state index in [1.807, 2.05) is 36.4 Å². The zero-order chi connectivity index (χ0) is 14.2. The number of aryl methyl sites for hydroxylation is 1. The third-order valence-electron chi connectivity index (χ3n) is 4.39. The van der Waals surface area contributed by atoms with Crippen LogP contribution in [0.3, 0.4) is 0 Å².